The molecule has 2 aromatic carbocycles. The summed E-state index contributed by atoms with van der Waals surface area (Å²) in [4.78, 5) is 11.7. The molecular formula is C21H21F3O3. The number of rotatable bonds is 7. The minimum Gasteiger partial charge on any atom is -0.489 e. The van der Waals surface area contributed by atoms with Crippen molar-refractivity contribution in [1.82, 2.24) is 0 Å². The smallest absolute Gasteiger partial charge is 0.416 e. The highest BCUT2D eigenvalue weighted by Gasteiger charge is 2.31. The van der Waals surface area contributed by atoms with Crippen LogP contribution in [0, 0.1) is 0 Å². The molecule has 0 aromatic heterocycles. The summed E-state index contributed by atoms with van der Waals surface area (Å²) >= 11 is 0. The van der Waals surface area contributed by atoms with E-state index in [0.717, 1.165) is 28.8 Å². The lowest BCUT2D eigenvalue weighted by Gasteiger charge is -2.15. The van der Waals surface area contributed by atoms with E-state index < -0.39 is 17.7 Å². The molecule has 144 valence electrons. The molecule has 0 aliphatic heterocycles. The Balaban J connectivity index is 2.27. The van der Waals surface area contributed by atoms with E-state index in [4.69, 9.17) is 9.47 Å². The van der Waals surface area contributed by atoms with Crippen molar-refractivity contribution < 1.29 is 27.4 Å². The van der Waals surface area contributed by atoms with Gasteiger partial charge in [0.25, 0.3) is 0 Å². The van der Waals surface area contributed by atoms with E-state index in [9.17, 15) is 18.0 Å². The summed E-state index contributed by atoms with van der Waals surface area (Å²) in [5.74, 6) is -0.509. The molecule has 0 saturated carbocycles. The molecule has 0 fully saturated rings. The highest BCUT2D eigenvalue weighted by Crippen LogP contribution is 2.33. The Kier molecular flexibility index (Phi) is 6.66. The molecule has 0 heterocycles. The lowest BCUT2D eigenvalue weighted by molar-refractivity contribution is -0.142. The molecule has 0 spiro atoms. The van der Waals surface area contributed by atoms with Crippen molar-refractivity contribution in [2.24, 2.45) is 0 Å². The quantitative estimate of drug-likeness (QED) is 0.603. The molecule has 0 saturated heterocycles. The van der Waals surface area contributed by atoms with Crippen molar-refractivity contribution in [2.45, 2.75) is 33.1 Å². The van der Waals surface area contributed by atoms with E-state index in [1.165, 1.54) is 6.07 Å². The van der Waals surface area contributed by atoms with Gasteiger partial charge in [0.15, 0.2) is 0 Å². The van der Waals surface area contributed by atoms with Crippen LogP contribution in [0.5, 0.6) is 5.75 Å². The SMILES string of the molecule is C=C(C)c1cccc(COc2cc(C(F)(F)F)ccc2CC(=O)OCC)c1. The standard InChI is InChI=1S/C21H21F3O3/c1-4-26-20(25)11-17-8-9-18(21(22,23)24)12-19(17)27-13-15-6-5-7-16(10-15)14(2)3/h5-10,12H,2,4,11,13H2,1,3H3. The largest absolute Gasteiger partial charge is 0.489 e. The number of carbonyl (C=O) groups is 1. The Morgan fingerprint density at radius 3 is 2.52 bits per heavy atom. The van der Waals surface area contributed by atoms with Crippen LogP contribution in [0.3, 0.4) is 0 Å². The van der Waals surface area contributed by atoms with Gasteiger partial charge in [-0.1, -0.05) is 36.4 Å². The van der Waals surface area contributed by atoms with Crippen molar-refractivity contribution in [1.29, 1.82) is 0 Å². The van der Waals surface area contributed by atoms with E-state index >= 15 is 0 Å². The van der Waals surface area contributed by atoms with Crippen LogP contribution >= 0.6 is 0 Å². The van der Waals surface area contributed by atoms with E-state index in [1.54, 1.807) is 6.92 Å². The molecule has 6 heteroatoms. The van der Waals surface area contributed by atoms with Gasteiger partial charge in [0.1, 0.15) is 12.4 Å². The summed E-state index contributed by atoms with van der Waals surface area (Å²) in [5, 5.41) is 0. The van der Waals surface area contributed by atoms with Gasteiger partial charge in [-0.05, 0) is 43.2 Å². The summed E-state index contributed by atoms with van der Waals surface area (Å²) in [5.41, 5.74) is 2.10. The average molecular weight is 378 g/mol. The monoisotopic (exact) mass is 378 g/mol. The van der Waals surface area contributed by atoms with Crippen molar-refractivity contribution in [3.63, 3.8) is 0 Å². The first-order valence-electron chi connectivity index (χ1n) is 8.44. The second-order valence-corrected chi connectivity index (χ2v) is 6.07. The van der Waals surface area contributed by atoms with Crippen LogP contribution in [0.4, 0.5) is 13.2 Å². The molecule has 0 amide bonds. The molecule has 2 aromatic rings. The van der Waals surface area contributed by atoms with Crippen LogP contribution in [-0.2, 0) is 28.7 Å². The molecule has 0 atom stereocenters. The van der Waals surface area contributed by atoms with Crippen LogP contribution in [0.1, 0.15) is 36.1 Å². The molecule has 2 rings (SSSR count). The van der Waals surface area contributed by atoms with Gasteiger partial charge in [0.2, 0.25) is 0 Å². The van der Waals surface area contributed by atoms with Gasteiger partial charge in [-0.15, -0.1) is 0 Å². The fourth-order valence-corrected chi connectivity index (χ4v) is 2.47. The third-order valence-electron chi connectivity index (χ3n) is 3.85. The van der Waals surface area contributed by atoms with Crippen LogP contribution in [-0.4, -0.2) is 12.6 Å². The third-order valence-corrected chi connectivity index (χ3v) is 3.85. The molecule has 27 heavy (non-hydrogen) atoms. The first-order valence-corrected chi connectivity index (χ1v) is 8.44. The Morgan fingerprint density at radius 2 is 1.89 bits per heavy atom. The highest BCUT2D eigenvalue weighted by molar-refractivity contribution is 5.73. The number of esters is 1. The highest BCUT2D eigenvalue weighted by atomic mass is 19.4. The lowest BCUT2D eigenvalue weighted by Crippen LogP contribution is -2.11. The number of benzene rings is 2. The minimum atomic E-state index is -4.50. The number of allylic oxidation sites excluding steroid dienone is 1. The topological polar surface area (TPSA) is 35.5 Å². The Hall–Kier alpha value is -2.76. The van der Waals surface area contributed by atoms with Crippen LogP contribution in [0.25, 0.3) is 5.57 Å². The molecule has 0 radical (unpaired) electrons. The van der Waals surface area contributed by atoms with Gasteiger partial charge in [0.05, 0.1) is 18.6 Å². The normalized spacial score (nSPS) is 11.1. The van der Waals surface area contributed by atoms with Gasteiger partial charge >= 0.3 is 12.1 Å². The molecule has 3 nitrogen and oxygen atoms in total. The maximum Gasteiger partial charge on any atom is 0.416 e. The minimum absolute atomic E-state index is 0.0126. The zero-order chi connectivity index (χ0) is 20.0. The molecule has 0 aliphatic rings. The fourth-order valence-electron chi connectivity index (χ4n) is 2.47. The number of carbonyl (C=O) groups excluding carboxylic acids is 1. The Morgan fingerprint density at radius 1 is 1.15 bits per heavy atom. The van der Waals surface area contributed by atoms with Gasteiger partial charge in [-0.2, -0.15) is 13.2 Å². The number of hydrogen-bond donors (Lipinski definition) is 0. The summed E-state index contributed by atoms with van der Waals surface area (Å²) in [6, 6.07) is 10.5. The second kappa shape index (κ2) is 8.75. The Labute approximate surface area is 156 Å². The number of halogens is 3. The zero-order valence-electron chi connectivity index (χ0n) is 15.2. The molecule has 0 bridgehead atoms. The summed E-state index contributed by atoms with van der Waals surface area (Å²) in [7, 11) is 0. The van der Waals surface area contributed by atoms with E-state index in [1.807, 2.05) is 31.2 Å². The van der Waals surface area contributed by atoms with Crippen molar-refractivity contribution in [2.75, 3.05) is 6.61 Å². The third kappa shape index (κ3) is 5.88. The molecular weight excluding hydrogens is 357 g/mol. The fraction of sp³-hybridized carbons (Fsp3) is 0.286. The molecule has 0 N–H and O–H groups in total. The second-order valence-electron chi connectivity index (χ2n) is 6.07. The van der Waals surface area contributed by atoms with E-state index in [0.29, 0.717) is 5.56 Å². The summed E-state index contributed by atoms with van der Waals surface area (Å²) in [6.07, 6.45) is -4.66. The number of alkyl halides is 3. The zero-order valence-corrected chi connectivity index (χ0v) is 15.2. The maximum atomic E-state index is 13.0. The first kappa shape index (κ1) is 20.6. The lowest BCUT2D eigenvalue weighted by atomic mass is 10.1. The predicted molar refractivity (Wildman–Crippen MR) is 97.3 cm³/mol. The van der Waals surface area contributed by atoms with Gasteiger partial charge in [0, 0.05) is 5.56 Å². The van der Waals surface area contributed by atoms with Crippen LogP contribution in [0.2, 0.25) is 0 Å². The molecule has 0 unspecified atom stereocenters. The van der Waals surface area contributed by atoms with Crippen LogP contribution in [0.15, 0.2) is 49.0 Å². The molecule has 0 aliphatic carbocycles. The van der Waals surface area contributed by atoms with E-state index in [-0.39, 0.29) is 25.4 Å². The first-order chi connectivity index (χ1) is 12.7. The van der Waals surface area contributed by atoms with Crippen molar-refractivity contribution >= 4 is 11.5 Å². The van der Waals surface area contributed by atoms with Crippen LogP contribution < -0.4 is 4.74 Å². The van der Waals surface area contributed by atoms with Crippen molar-refractivity contribution in [3.05, 3.63) is 71.3 Å². The number of hydrogen-bond acceptors (Lipinski definition) is 3. The van der Waals surface area contributed by atoms with Gasteiger partial charge in [-0.25, -0.2) is 0 Å². The maximum absolute atomic E-state index is 13.0. The van der Waals surface area contributed by atoms with Gasteiger partial charge < -0.3 is 9.47 Å². The summed E-state index contributed by atoms with van der Waals surface area (Å²) < 4.78 is 49.6. The van der Waals surface area contributed by atoms with E-state index in [2.05, 4.69) is 6.58 Å². The van der Waals surface area contributed by atoms with Gasteiger partial charge in [-0.3, -0.25) is 4.79 Å². The predicted octanol–water partition coefficient (Wildman–Crippen LogP) is 5.42. The summed E-state index contributed by atoms with van der Waals surface area (Å²) in [6.45, 7) is 7.66. The van der Waals surface area contributed by atoms with Crippen molar-refractivity contribution in [3.8, 4) is 5.75 Å². The Bertz CT molecular complexity index is 826. The number of ether oxygens (including phenoxy) is 2. The average Bonchev–Trinajstić information content (AvgIpc) is 2.60.